The fourth-order valence-corrected chi connectivity index (χ4v) is 4.03. The first-order chi connectivity index (χ1) is 8.70. The van der Waals surface area contributed by atoms with Crippen molar-refractivity contribution < 1.29 is 8.60 Å². The molecule has 2 rings (SSSR count). The number of benzene rings is 1. The second-order valence-electron chi connectivity index (χ2n) is 4.70. The molecule has 0 heterocycles. The second-order valence-corrected chi connectivity index (χ2v) is 6.42. The molecule has 1 atom stereocenters. The first-order valence-electron chi connectivity index (χ1n) is 6.26. The van der Waals surface area contributed by atoms with Crippen molar-refractivity contribution in [3.8, 4) is 6.07 Å². The Morgan fingerprint density at radius 3 is 2.72 bits per heavy atom. The third-order valence-corrected chi connectivity index (χ3v) is 5.22. The van der Waals surface area contributed by atoms with E-state index in [-0.39, 0.29) is 11.1 Å². The van der Waals surface area contributed by atoms with Crippen molar-refractivity contribution in [1.29, 1.82) is 5.26 Å². The van der Waals surface area contributed by atoms with Gasteiger partial charge in [0.2, 0.25) is 0 Å². The van der Waals surface area contributed by atoms with Crippen LogP contribution in [0.4, 0.5) is 4.39 Å². The molecule has 1 saturated carbocycles. The van der Waals surface area contributed by atoms with E-state index in [4.69, 9.17) is 5.26 Å². The Morgan fingerprint density at radius 2 is 2.06 bits per heavy atom. The van der Waals surface area contributed by atoms with Gasteiger partial charge in [0, 0.05) is 16.0 Å². The van der Waals surface area contributed by atoms with Gasteiger partial charge in [0.1, 0.15) is 5.82 Å². The summed E-state index contributed by atoms with van der Waals surface area (Å²) >= 11 is 0. The predicted molar refractivity (Wildman–Crippen MR) is 69.8 cm³/mol. The molecule has 0 radical (unpaired) electrons. The van der Waals surface area contributed by atoms with E-state index in [1.54, 1.807) is 0 Å². The summed E-state index contributed by atoms with van der Waals surface area (Å²) in [7, 11) is -0.995. The van der Waals surface area contributed by atoms with Crippen molar-refractivity contribution >= 4 is 10.8 Å². The molecule has 1 aromatic rings. The lowest BCUT2D eigenvalue weighted by Gasteiger charge is -2.21. The van der Waals surface area contributed by atoms with E-state index in [1.165, 1.54) is 24.6 Å². The molecule has 18 heavy (non-hydrogen) atoms. The minimum absolute atomic E-state index is 0.216. The Balaban J connectivity index is 2.11. The maximum atomic E-state index is 13.2. The van der Waals surface area contributed by atoms with Crippen LogP contribution in [0.5, 0.6) is 0 Å². The smallest absolute Gasteiger partial charge is 0.123 e. The molecule has 2 nitrogen and oxygen atoms in total. The van der Waals surface area contributed by atoms with Gasteiger partial charge in [-0.15, -0.1) is 0 Å². The van der Waals surface area contributed by atoms with E-state index >= 15 is 0 Å². The Kier molecular flexibility index (Phi) is 4.48. The zero-order valence-electron chi connectivity index (χ0n) is 10.2. The maximum absolute atomic E-state index is 13.2. The minimum Gasteiger partial charge on any atom is -0.259 e. The molecular formula is C14H16FNOS. The fourth-order valence-electron chi connectivity index (χ4n) is 2.39. The topological polar surface area (TPSA) is 40.9 Å². The number of nitrogens with zero attached hydrogens (tertiary/aromatic N) is 1. The second kappa shape index (κ2) is 6.10. The van der Waals surface area contributed by atoms with Gasteiger partial charge in [-0.05, 0) is 36.6 Å². The summed E-state index contributed by atoms with van der Waals surface area (Å²) in [4.78, 5) is 0. The van der Waals surface area contributed by atoms with Crippen LogP contribution in [0.1, 0.15) is 43.2 Å². The van der Waals surface area contributed by atoms with Crippen molar-refractivity contribution in [1.82, 2.24) is 0 Å². The van der Waals surface area contributed by atoms with Crippen LogP contribution in [0.25, 0.3) is 0 Å². The summed E-state index contributed by atoms with van der Waals surface area (Å²) in [6.07, 6.45) is 5.46. The summed E-state index contributed by atoms with van der Waals surface area (Å²) in [5.41, 5.74) is 1.00. The Labute approximate surface area is 109 Å². The normalized spacial score (nSPS) is 18.2. The molecular weight excluding hydrogens is 249 g/mol. The van der Waals surface area contributed by atoms with Crippen LogP contribution in [-0.4, -0.2) is 9.46 Å². The SMILES string of the molecule is N#Cc1ccc(F)cc1CS(=O)C1CCCCC1. The van der Waals surface area contributed by atoms with Crippen molar-refractivity contribution in [2.24, 2.45) is 0 Å². The molecule has 1 aromatic carbocycles. The molecule has 0 amide bonds. The van der Waals surface area contributed by atoms with E-state index in [1.807, 2.05) is 6.07 Å². The van der Waals surface area contributed by atoms with Crippen LogP contribution in [-0.2, 0) is 16.6 Å². The van der Waals surface area contributed by atoms with E-state index < -0.39 is 10.8 Å². The molecule has 0 aromatic heterocycles. The third-order valence-electron chi connectivity index (χ3n) is 3.41. The molecule has 0 N–H and O–H groups in total. The first-order valence-corrected chi connectivity index (χ1v) is 7.64. The predicted octanol–water partition coefficient (Wildman–Crippen LogP) is 3.28. The lowest BCUT2D eigenvalue weighted by atomic mass is 10.0. The Morgan fingerprint density at radius 1 is 1.33 bits per heavy atom. The highest BCUT2D eigenvalue weighted by Gasteiger charge is 2.20. The summed E-state index contributed by atoms with van der Waals surface area (Å²) in [5.74, 6) is -0.0738. The first kappa shape index (κ1) is 13.2. The Hall–Kier alpha value is -1.21. The highest BCUT2D eigenvalue weighted by atomic mass is 32.2. The van der Waals surface area contributed by atoms with Crippen molar-refractivity contribution in [2.45, 2.75) is 43.1 Å². The molecule has 96 valence electrons. The monoisotopic (exact) mass is 265 g/mol. The average molecular weight is 265 g/mol. The molecule has 0 spiro atoms. The number of halogens is 1. The van der Waals surface area contributed by atoms with Crippen LogP contribution >= 0.6 is 0 Å². The number of nitriles is 1. The van der Waals surface area contributed by atoms with Gasteiger partial charge in [-0.1, -0.05) is 19.3 Å². The molecule has 0 bridgehead atoms. The third kappa shape index (κ3) is 3.17. The van der Waals surface area contributed by atoms with E-state index in [9.17, 15) is 8.60 Å². The average Bonchev–Trinajstić information content (AvgIpc) is 2.40. The highest BCUT2D eigenvalue weighted by molar-refractivity contribution is 7.84. The number of hydrogen-bond donors (Lipinski definition) is 0. The van der Waals surface area contributed by atoms with Gasteiger partial charge in [0.25, 0.3) is 0 Å². The van der Waals surface area contributed by atoms with Gasteiger partial charge in [0.15, 0.2) is 0 Å². The van der Waals surface area contributed by atoms with E-state index in [0.717, 1.165) is 25.7 Å². The summed E-state index contributed by atoms with van der Waals surface area (Å²) in [6.45, 7) is 0. The Bertz CT molecular complexity index is 489. The van der Waals surface area contributed by atoms with Gasteiger partial charge in [-0.25, -0.2) is 4.39 Å². The zero-order chi connectivity index (χ0) is 13.0. The van der Waals surface area contributed by atoms with Crippen molar-refractivity contribution in [2.75, 3.05) is 0 Å². The molecule has 0 aliphatic heterocycles. The lowest BCUT2D eigenvalue weighted by molar-refractivity contribution is 0.504. The highest BCUT2D eigenvalue weighted by Crippen LogP contribution is 2.24. The summed E-state index contributed by atoms with van der Waals surface area (Å²) < 4.78 is 25.4. The van der Waals surface area contributed by atoms with E-state index in [2.05, 4.69) is 0 Å². The van der Waals surface area contributed by atoms with E-state index in [0.29, 0.717) is 16.9 Å². The molecule has 1 aliphatic rings. The quantitative estimate of drug-likeness (QED) is 0.841. The van der Waals surface area contributed by atoms with Crippen LogP contribution in [0.2, 0.25) is 0 Å². The minimum atomic E-state index is -0.995. The van der Waals surface area contributed by atoms with Gasteiger partial charge >= 0.3 is 0 Å². The molecule has 0 saturated heterocycles. The largest absolute Gasteiger partial charge is 0.259 e. The maximum Gasteiger partial charge on any atom is 0.123 e. The van der Waals surface area contributed by atoms with Crippen molar-refractivity contribution in [3.05, 3.63) is 35.1 Å². The molecule has 1 aliphatic carbocycles. The van der Waals surface area contributed by atoms with Crippen LogP contribution < -0.4 is 0 Å². The standard InChI is InChI=1S/C14H16FNOS/c15-13-7-6-11(9-16)12(8-13)10-18(17)14-4-2-1-3-5-14/h6-8,14H,1-5,10H2. The van der Waals surface area contributed by atoms with Gasteiger partial charge < -0.3 is 0 Å². The van der Waals surface area contributed by atoms with Gasteiger partial charge in [0.05, 0.1) is 17.4 Å². The van der Waals surface area contributed by atoms with Crippen LogP contribution in [0, 0.1) is 17.1 Å². The molecule has 1 unspecified atom stereocenters. The zero-order valence-corrected chi connectivity index (χ0v) is 11.0. The summed E-state index contributed by atoms with van der Waals surface area (Å²) in [6, 6.07) is 6.09. The van der Waals surface area contributed by atoms with Crippen molar-refractivity contribution in [3.63, 3.8) is 0 Å². The molecule has 4 heteroatoms. The number of rotatable bonds is 3. The van der Waals surface area contributed by atoms with Crippen LogP contribution in [0.3, 0.4) is 0 Å². The lowest BCUT2D eigenvalue weighted by Crippen LogP contribution is -2.20. The molecule has 1 fully saturated rings. The van der Waals surface area contributed by atoms with Crippen LogP contribution in [0.15, 0.2) is 18.2 Å². The fraction of sp³-hybridized carbons (Fsp3) is 0.500. The number of hydrogen-bond acceptors (Lipinski definition) is 2. The summed E-state index contributed by atoms with van der Waals surface area (Å²) in [5, 5.41) is 9.18. The van der Waals surface area contributed by atoms with Gasteiger partial charge in [-0.2, -0.15) is 5.26 Å². The van der Waals surface area contributed by atoms with Gasteiger partial charge in [-0.3, -0.25) is 4.21 Å².